The molecule has 1 aliphatic rings. The number of imidazole rings is 1. The maximum Gasteiger partial charge on any atom is 0.373 e. The lowest BCUT2D eigenvalue weighted by Crippen LogP contribution is -2.36. The Morgan fingerprint density at radius 2 is 2.42 bits per heavy atom. The zero-order chi connectivity index (χ0) is 13.4. The van der Waals surface area contributed by atoms with Gasteiger partial charge in [-0.25, -0.2) is 0 Å². The second-order valence-corrected chi connectivity index (χ2v) is 5.43. The van der Waals surface area contributed by atoms with Gasteiger partial charge in [-0.1, -0.05) is 11.3 Å². The monoisotopic (exact) mass is 280 g/mol. The number of thiazole rings is 1. The topological polar surface area (TPSA) is 80.8 Å². The minimum Gasteiger partial charge on any atom is -0.358 e. The van der Waals surface area contributed by atoms with Gasteiger partial charge in [0, 0.05) is 24.4 Å². The molecule has 0 amide bonds. The molecule has 100 valence electrons. The number of hydrogen-bond donors (Lipinski definition) is 0. The number of hydrogen-bond acceptors (Lipinski definition) is 6. The molecule has 1 unspecified atom stereocenters. The number of aromatic nitrogens is 2. The Labute approximate surface area is 112 Å². The van der Waals surface area contributed by atoms with Gasteiger partial charge in [-0.15, -0.1) is 0 Å². The van der Waals surface area contributed by atoms with Crippen LogP contribution in [0.4, 0.5) is 11.6 Å². The van der Waals surface area contributed by atoms with Crippen LogP contribution in [0.1, 0.15) is 12.8 Å². The third-order valence-corrected chi connectivity index (χ3v) is 4.10. The lowest BCUT2D eigenvalue weighted by atomic mass is 10.00. The molecule has 0 saturated carbocycles. The second kappa shape index (κ2) is 4.61. The highest BCUT2D eigenvalue weighted by molar-refractivity contribution is 7.15. The van der Waals surface area contributed by atoms with Crippen LogP contribution in [-0.4, -0.2) is 33.7 Å². The fourth-order valence-corrected chi connectivity index (χ4v) is 3.16. The number of nitro groups is 1. The zero-order valence-electron chi connectivity index (χ0n) is 10.1. The van der Waals surface area contributed by atoms with Gasteiger partial charge in [0.25, 0.3) is 4.96 Å². The number of rotatable bonds is 3. The summed E-state index contributed by atoms with van der Waals surface area (Å²) < 4.78 is 1.49. The first-order valence-corrected chi connectivity index (χ1v) is 6.89. The molecule has 1 atom stereocenters. The number of anilines is 1. The fourth-order valence-electron chi connectivity index (χ4n) is 2.46. The van der Waals surface area contributed by atoms with Crippen LogP contribution in [0.2, 0.25) is 0 Å². The zero-order valence-corrected chi connectivity index (χ0v) is 10.9. The van der Waals surface area contributed by atoms with E-state index in [0.717, 1.165) is 19.1 Å². The van der Waals surface area contributed by atoms with E-state index in [1.807, 2.05) is 4.90 Å². The van der Waals surface area contributed by atoms with Crippen LogP contribution in [0.5, 0.6) is 0 Å². The van der Waals surface area contributed by atoms with E-state index >= 15 is 0 Å². The summed E-state index contributed by atoms with van der Waals surface area (Å²) in [6, 6.07) is 0. The minimum absolute atomic E-state index is 0.0113. The normalized spacial score (nSPS) is 19.8. The van der Waals surface area contributed by atoms with E-state index in [2.05, 4.69) is 4.98 Å². The van der Waals surface area contributed by atoms with E-state index in [0.29, 0.717) is 23.9 Å². The first-order valence-electron chi connectivity index (χ1n) is 6.01. The summed E-state index contributed by atoms with van der Waals surface area (Å²) in [6.07, 6.45) is 4.27. The van der Waals surface area contributed by atoms with Gasteiger partial charge in [-0.05, 0) is 17.8 Å². The molecule has 3 rings (SSSR count). The SMILES string of the molecule is O=CC1CCCN(c2nc3sccn3c2[N+](=O)[O-])C1. The summed E-state index contributed by atoms with van der Waals surface area (Å²) >= 11 is 1.36. The highest BCUT2D eigenvalue weighted by atomic mass is 32.1. The number of nitrogens with zero attached hydrogens (tertiary/aromatic N) is 4. The third kappa shape index (κ3) is 1.97. The number of fused-ring (bicyclic) bond motifs is 1. The Morgan fingerprint density at radius 1 is 1.58 bits per heavy atom. The molecule has 8 heteroatoms. The summed E-state index contributed by atoms with van der Waals surface area (Å²) in [7, 11) is 0. The van der Waals surface area contributed by atoms with Gasteiger partial charge in [0.15, 0.2) is 0 Å². The van der Waals surface area contributed by atoms with Crippen LogP contribution < -0.4 is 4.90 Å². The van der Waals surface area contributed by atoms with Crippen LogP contribution >= 0.6 is 11.3 Å². The summed E-state index contributed by atoms with van der Waals surface area (Å²) in [5.41, 5.74) is 0. The minimum atomic E-state index is -0.410. The molecule has 0 aromatic carbocycles. The van der Waals surface area contributed by atoms with E-state index in [9.17, 15) is 14.9 Å². The molecule has 1 saturated heterocycles. The number of piperidine rings is 1. The van der Waals surface area contributed by atoms with Crippen molar-refractivity contribution < 1.29 is 9.72 Å². The van der Waals surface area contributed by atoms with Gasteiger partial charge in [0.1, 0.15) is 12.5 Å². The van der Waals surface area contributed by atoms with Crippen molar-refractivity contribution in [2.24, 2.45) is 5.92 Å². The predicted molar refractivity (Wildman–Crippen MR) is 70.7 cm³/mol. The molecule has 7 nitrogen and oxygen atoms in total. The van der Waals surface area contributed by atoms with Crippen molar-refractivity contribution in [2.75, 3.05) is 18.0 Å². The van der Waals surface area contributed by atoms with E-state index in [1.54, 1.807) is 11.6 Å². The molecule has 0 radical (unpaired) electrons. The van der Waals surface area contributed by atoms with E-state index in [1.165, 1.54) is 15.7 Å². The second-order valence-electron chi connectivity index (χ2n) is 4.56. The predicted octanol–water partition coefficient (Wildman–Crippen LogP) is 1.72. The lowest BCUT2D eigenvalue weighted by Gasteiger charge is -2.29. The number of carbonyl (C=O) groups excluding carboxylic acids is 1. The van der Waals surface area contributed by atoms with Gasteiger partial charge >= 0.3 is 5.82 Å². The van der Waals surface area contributed by atoms with Crippen molar-refractivity contribution in [1.29, 1.82) is 0 Å². The largest absolute Gasteiger partial charge is 0.373 e. The Balaban J connectivity index is 2.03. The van der Waals surface area contributed by atoms with Crippen LogP contribution in [-0.2, 0) is 4.79 Å². The van der Waals surface area contributed by atoms with Crippen molar-refractivity contribution in [3.05, 3.63) is 21.7 Å². The van der Waals surface area contributed by atoms with E-state index in [-0.39, 0.29) is 11.7 Å². The molecule has 0 bridgehead atoms. The van der Waals surface area contributed by atoms with Gasteiger partial charge in [0.2, 0.25) is 5.82 Å². The van der Waals surface area contributed by atoms with Gasteiger partial charge in [-0.3, -0.25) is 0 Å². The molecule has 0 aliphatic carbocycles. The molecular weight excluding hydrogens is 268 g/mol. The van der Waals surface area contributed by atoms with Crippen molar-refractivity contribution in [2.45, 2.75) is 12.8 Å². The molecule has 0 N–H and O–H groups in total. The Bertz CT molecular complexity index is 635. The van der Waals surface area contributed by atoms with Gasteiger partial charge < -0.3 is 19.8 Å². The maximum absolute atomic E-state index is 11.2. The molecule has 19 heavy (non-hydrogen) atoms. The lowest BCUT2D eigenvalue weighted by molar-refractivity contribution is -0.389. The Kier molecular flexibility index (Phi) is 2.94. The van der Waals surface area contributed by atoms with Crippen LogP contribution in [0, 0.1) is 16.0 Å². The van der Waals surface area contributed by atoms with Crippen LogP contribution in [0.25, 0.3) is 4.96 Å². The number of aldehydes is 1. The molecule has 2 aromatic rings. The summed E-state index contributed by atoms with van der Waals surface area (Å²) in [5, 5.41) is 13.0. The van der Waals surface area contributed by atoms with Crippen LogP contribution in [0.15, 0.2) is 11.6 Å². The number of carbonyl (C=O) groups is 1. The van der Waals surface area contributed by atoms with Crippen molar-refractivity contribution in [3.63, 3.8) is 0 Å². The molecule has 3 heterocycles. The van der Waals surface area contributed by atoms with Crippen molar-refractivity contribution >= 4 is 34.2 Å². The first-order chi connectivity index (χ1) is 9.20. The van der Waals surface area contributed by atoms with Crippen molar-refractivity contribution in [3.8, 4) is 0 Å². The summed E-state index contributed by atoms with van der Waals surface area (Å²) in [5.74, 6) is 0.305. The van der Waals surface area contributed by atoms with E-state index in [4.69, 9.17) is 0 Å². The maximum atomic E-state index is 11.2. The highest BCUT2D eigenvalue weighted by Crippen LogP contribution is 2.33. The first kappa shape index (κ1) is 12.1. The standard InChI is InChI=1S/C11H12N4O3S/c16-7-8-2-1-3-13(6-8)9-10(15(17)18)14-4-5-19-11(14)12-9/h4-5,7-8H,1-3,6H2. The molecule has 1 fully saturated rings. The molecule has 0 spiro atoms. The van der Waals surface area contributed by atoms with Gasteiger partial charge in [0.05, 0.1) is 0 Å². The Morgan fingerprint density at radius 3 is 3.16 bits per heavy atom. The molecular formula is C11H12N4O3S. The third-order valence-electron chi connectivity index (χ3n) is 3.34. The summed E-state index contributed by atoms with van der Waals surface area (Å²) in [6.45, 7) is 1.21. The Hall–Kier alpha value is -1.96. The average molecular weight is 280 g/mol. The van der Waals surface area contributed by atoms with Crippen LogP contribution in [0.3, 0.4) is 0 Å². The molecule has 1 aliphatic heterocycles. The average Bonchev–Trinajstić information content (AvgIpc) is 2.98. The fraction of sp³-hybridized carbons (Fsp3) is 0.455. The highest BCUT2D eigenvalue weighted by Gasteiger charge is 2.30. The molecule has 2 aromatic heterocycles. The van der Waals surface area contributed by atoms with Gasteiger partial charge in [-0.2, -0.15) is 9.38 Å². The summed E-state index contributed by atoms with van der Waals surface area (Å²) in [4.78, 5) is 28.5. The van der Waals surface area contributed by atoms with E-state index < -0.39 is 4.92 Å². The van der Waals surface area contributed by atoms with Crippen molar-refractivity contribution in [1.82, 2.24) is 9.38 Å². The quantitative estimate of drug-likeness (QED) is 0.486. The smallest absolute Gasteiger partial charge is 0.358 e.